The van der Waals surface area contributed by atoms with Gasteiger partial charge in [0.25, 0.3) is 0 Å². The summed E-state index contributed by atoms with van der Waals surface area (Å²) in [6, 6.07) is 5.28. The molecule has 1 saturated heterocycles. The molecule has 1 aromatic carbocycles. The fourth-order valence-corrected chi connectivity index (χ4v) is 1.53. The van der Waals surface area contributed by atoms with E-state index in [9.17, 15) is 13.2 Å². The lowest BCUT2D eigenvalue weighted by Crippen LogP contribution is -2.06. The Balaban J connectivity index is 2.16. The Morgan fingerprint density at radius 1 is 1.27 bits per heavy atom. The van der Waals surface area contributed by atoms with E-state index in [-0.39, 0.29) is 12.0 Å². The van der Waals surface area contributed by atoms with Crippen LogP contribution in [-0.4, -0.2) is 12.7 Å². The van der Waals surface area contributed by atoms with Gasteiger partial charge in [0, 0.05) is 5.92 Å². The molecule has 2 atom stereocenters. The maximum absolute atomic E-state index is 12.3. The Kier molecular flexibility index (Phi) is 2.46. The SMILES string of the molecule is CC(c1ccc(C(F)(F)F)cc1)C1CO1. The molecule has 0 spiro atoms. The van der Waals surface area contributed by atoms with Crippen molar-refractivity contribution in [2.75, 3.05) is 6.61 Å². The molecule has 1 aliphatic heterocycles. The third-order valence-corrected chi connectivity index (χ3v) is 2.68. The van der Waals surface area contributed by atoms with Crippen LogP contribution in [0.5, 0.6) is 0 Å². The van der Waals surface area contributed by atoms with Crippen LogP contribution in [0, 0.1) is 0 Å². The maximum Gasteiger partial charge on any atom is 0.416 e. The molecule has 15 heavy (non-hydrogen) atoms. The first-order valence-electron chi connectivity index (χ1n) is 4.77. The van der Waals surface area contributed by atoms with Gasteiger partial charge >= 0.3 is 6.18 Å². The smallest absolute Gasteiger partial charge is 0.372 e. The highest BCUT2D eigenvalue weighted by atomic mass is 19.4. The quantitative estimate of drug-likeness (QED) is 0.691. The zero-order valence-electron chi connectivity index (χ0n) is 8.21. The van der Waals surface area contributed by atoms with Crippen molar-refractivity contribution in [1.29, 1.82) is 0 Å². The number of halogens is 3. The molecule has 2 unspecified atom stereocenters. The van der Waals surface area contributed by atoms with E-state index in [4.69, 9.17) is 4.74 Å². The molecule has 1 nitrogen and oxygen atoms in total. The molecule has 0 saturated carbocycles. The number of epoxide rings is 1. The highest BCUT2D eigenvalue weighted by molar-refractivity contribution is 5.28. The summed E-state index contributed by atoms with van der Waals surface area (Å²) in [4.78, 5) is 0. The van der Waals surface area contributed by atoms with Crippen molar-refractivity contribution in [3.8, 4) is 0 Å². The summed E-state index contributed by atoms with van der Waals surface area (Å²) in [6.07, 6.45) is -4.07. The van der Waals surface area contributed by atoms with E-state index in [1.807, 2.05) is 6.92 Å². The van der Waals surface area contributed by atoms with Gasteiger partial charge in [0.1, 0.15) is 0 Å². The molecule has 1 aliphatic rings. The Morgan fingerprint density at radius 3 is 2.20 bits per heavy atom. The largest absolute Gasteiger partial charge is 0.416 e. The van der Waals surface area contributed by atoms with E-state index in [1.165, 1.54) is 12.1 Å². The monoisotopic (exact) mass is 216 g/mol. The summed E-state index contributed by atoms with van der Waals surface area (Å²) in [6.45, 7) is 2.67. The second-order valence-corrected chi connectivity index (χ2v) is 3.78. The zero-order chi connectivity index (χ0) is 11.1. The Labute approximate surface area is 85.9 Å². The van der Waals surface area contributed by atoms with Crippen LogP contribution < -0.4 is 0 Å². The summed E-state index contributed by atoms with van der Waals surface area (Å²) in [5, 5.41) is 0. The number of hydrogen-bond acceptors (Lipinski definition) is 1. The van der Waals surface area contributed by atoms with Crippen LogP contribution >= 0.6 is 0 Å². The minimum absolute atomic E-state index is 0.173. The zero-order valence-corrected chi connectivity index (χ0v) is 8.21. The molecule has 0 N–H and O–H groups in total. The predicted octanol–water partition coefficient (Wildman–Crippen LogP) is 3.21. The van der Waals surface area contributed by atoms with Crippen molar-refractivity contribution < 1.29 is 17.9 Å². The number of rotatable bonds is 2. The van der Waals surface area contributed by atoms with Crippen molar-refractivity contribution in [3.05, 3.63) is 35.4 Å². The van der Waals surface area contributed by atoms with Crippen molar-refractivity contribution in [2.24, 2.45) is 0 Å². The summed E-state index contributed by atoms with van der Waals surface area (Å²) in [7, 11) is 0. The van der Waals surface area contributed by atoms with Crippen LogP contribution in [0.3, 0.4) is 0 Å². The molecular formula is C11H11F3O. The topological polar surface area (TPSA) is 12.5 Å². The molecule has 2 rings (SSSR count). The number of ether oxygens (including phenoxy) is 1. The lowest BCUT2D eigenvalue weighted by Gasteiger charge is -2.11. The van der Waals surface area contributed by atoms with E-state index in [0.717, 1.165) is 17.7 Å². The normalized spacial score (nSPS) is 22.5. The van der Waals surface area contributed by atoms with Gasteiger partial charge in [-0.2, -0.15) is 13.2 Å². The summed E-state index contributed by atoms with van der Waals surface area (Å²) in [5.41, 5.74) is 0.292. The lowest BCUT2D eigenvalue weighted by molar-refractivity contribution is -0.137. The first-order valence-corrected chi connectivity index (χ1v) is 4.77. The Hall–Kier alpha value is -1.03. The van der Waals surface area contributed by atoms with Gasteiger partial charge in [-0.05, 0) is 17.7 Å². The van der Waals surface area contributed by atoms with Crippen LogP contribution in [0.1, 0.15) is 24.0 Å². The van der Waals surface area contributed by atoms with E-state index >= 15 is 0 Å². The Morgan fingerprint density at radius 2 is 1.80 bits per heavy atom. The van der Waals surface area contributed by atoms with E-state index in [0.29, 0.717) is 6.61 Å². The molecule has 4 heteroatoms. The van der Waals surface area contributed by atoms with Gasteiger partial charge in [0.15, 0.2) is 0 Å². The molecular weight excluding hydrogens is 205 g/mol. The predicted molar refractivity (Wildman–Crippen MR) is 49.6 cm³/mol. The number of hydrogen-bond donors (Lipinski definition) is 0. The van der Waals surface area contributed by atoms with E-state index < -0.39 is 11.7 Å². The summed E-state index contributed by atoms with van der Waals surface area (Å²) >= 11 is 0. The minimum atomic E-state index is -4.25. The molecule has 0 radical (unpaired) electrons. The van der Waals surface area contributed by atoms with Gasteiger partial charge in [-0.15, -0.1) is 0 Å². The third kappa shape index (κ3) is 2.31. The van der Waals surface area contributed by atoms with Crippen LogP contribution in [0.4, 0.5) is 13.2 Å². The van der Waals surface area contributed by atoms with E-state index in [1.54, 1.807) is 0 Å². The Bertz CT molecular complexity index is 338. The van der Waals surface area contributed by atoms with Crippen molar-refractivity contribution in [1.82, 2.24) is 0 Å². The molecule has 82 valence electrons. The standard InChI is InChI=1S/C11H11F3O/c1-7(10-6-15-10)8-2-4-9(5-3-8)11(12,13)14/h2-5,7,10H,6H2,1H3. The van der Waals surface area contributed by atoms with Crippen LogP contribution in [-0.2, 0) is 10.9 Å². The molecule has 0 aromatic heterocycles. The van der Waals surface area contributed by atoms with Crippen LogP contribution in [0.2, 0.25) is 0 Å². The first-order chi connectivity index (χ1) is 6.98. The van der Waals surface area contributed by atoms with Crippen LogP contribution in [0.25, 0.3) is 0 Å². The molecule has 1 fully saturated rings. The van der Waals surface area contributed by atoms with Gasteiger partial charge in [-0.25, -0.2) is 0 Å². The highest BCUT2D eigenvalue weighted by Gasteiger charge is 2.32. The van der Waals surface area contributed by atoms with Crippen molar-refractivity contribution in [2.45, 2.75) is 25.1 Å². The fraction of sp³-hybridized carbons (Fsp3) is 0.455. The van der Waals surface area contributed by atoms with Gasteiger partial charge in [-0.3, -0.25) is 0 Å². The van der Waals surface area contributed by atoms with Gasteiger partial charge < -0.3 is 4.74 Å². The molecule has 0 amide bonds. The first kappa shape index (κ1) is 10.5. The second-order valence-electron chi connectivity index (χ2n) is 3.78. The van der Waals surface area contributed by atoms with Gasteiger partial charge in [0.2, 0.25) is 0 Å². The van der Waals surface area contributed by atoms with Gasteiger partial charge in [-0.1, -0.05) is 19.1 Å². The fourth-order valence-electron chi connectivity index (χ4n) is 1.53. The lowest BCUT2D eigenvalue weighted by atomic mass is 9.97. The maximum atomic E-state index is 12.3. The average Bonchev–Trinajstić information content (AvgIpc) is 2.99. The summed E-state index contributed by atoms with van der Waals surface area (Å²) in [5.74, 6) is 0.173. The number of benzene rings is 1. The molecule has 1 aromatic rings. The third-order valence-electron chi connectivity index (χ3n) is 2.68. The second kappa shape index (κ2) is 3.52. The van der Waals surface area contributed by atoms with Gasteiger partial charge in [0.05, 0.1) is 18.3 Å². The highest BCUT2D eigenvalue weighted by Crippen LogP contribution is 2.33. The minimum Gasteiger partial charge on any atom is -0.372 e. The average molecular weight is 216 g/mol. The van der Waals surface area contributed by atoms with E-state index in [2.05, 4.69) is 0 Å². The molecule has 1 heterocycles. The van der Waals surface area contributed by atoms with Crippen molar-refractivity contribution in [3.63, 3.8) is 0 Å². The molecule has 0 aliphatic carbocycles. The molecule has 0 bridgehead atoms. The summed E-state index contributed by atoms with van der Waals surface area (Å²) < 4.78 is 41.9. The number of alkyl halides is 3. The van der Waals surface area contributed by atoms with Crippen molar-refractivity contribution >= 4 is 0 Å². The van der Waals surface area contributed by atoms with Crippen LogP contribution in [0.15, 0.2) is 24.3 Å².